The third-order valence-corrected chi connectivity index (χ3v) is 2.16. The van der Waals surface area contributed by atoms with Crippen LogP contribution in [-0.2, 0) is 19.1 Å². The van der Waals surface area contributed by atoms with Crippen molar-refractivity contribution in [1.82, 2.24) is 0 Å². The average molecular weight is 240 g/mol. The van der Waals surface area contributed by atoms with Gasteiger partial charge in [-0.15, -0.1) is 0 Å². The van der Waals surface area contributed by atoms with E-state index in [4.69, 9.17) is 9.47 Å². The first-order valence-corrected chi connectivity index (χ1v) is 5.76. The summed E-state index contributed by atoms with van der Waals surface area (Å²) in [5.41, 5.74) is 0. The van der Waals surface area contributed by atoms with E-state index in [1.807, 2.05) is 0 Å². The Labute approximate surface area is 102 Å². The topological polar surface area (TPSA) is 52.6 Å². The maximum Gasteiger partial charge on any atom is 0.330 e. The molecule has 0 heterocycles. The summed E-state index contributed by atoms with van der Waals surface area (Å²) in [4.78, 5) is 22.0. The Kier molecular flexibility index (Phi) is 8.74. The number of ether oxygens (including phenoxy) is 2. The first-order chi connectivity index (χ1) is 8.13. The number of unbranched alkanes of at least 4 members (excludes halogenated alkanes) is 2. The molecule has 96 valence electrons. The Hall–Kier alpha value is -1.58. The normalized spacial score (nSPS) is 11.4. The molecule has 0 bridgehead atoms. The molecule has 0 N–H and O–H groups in total. The van der Waals surface area contributed by atoms with E-state index >= 15 is 0 Å². The second-order valence-corrected chi connectivity index (χ2v) is 3.59. The fraction of sp³-hybridized carbons (Fsp3) is 0.538. The van der Waals surface area contributed by atoms with Gasteiger partial charge in [-0.25, -0.2) is 9.59 Å². The number of carbonyl (C=O) groups excluding carboxylic acids is 2. The maximum atomic E-state index is 11.1. The molecule has 0 rings (SSSR count). The van der Waals surface area contributed by atoms with Crippen LogP contribution in [0.2, 0.25) is 0 Å². The van der Waals surface area contributed by atoms with Crippen molar-refractivity contribution in [3.63, 3.8) is 0 Å². The van der Waals surface area contributed by atoms with Gasteiger partial charge >= 0.3 is 11.9 Å². The lowest BCUT2D eigenvalue weighted by molar-refractivity contribution is -0.153. The molecular weight excluding hydrogens is 220 g/mol. The van der Waals surface area contributed by atoms with E-state index in [9.17, 15) is 9.59 Å². The van der Waals surface area contributed by atoms with Crippen LogP contribution in [0.1, 0.15) is 32.6 Å². The third kappa shape index (κ3) is 8.25. The van der Waals surface area contributed by atoms with Crippen LogP contribution in [0.25, 0.3) is 0 Å². The Morgan fingerprint density at radius 2 is 1.82 bits per heavy atom. The highest BCUT2D eigenvalue weighted by molar-refractivity contribution is 5.82. The van der Waals surface area contributed by atoms with Gasteiger partial charge in [0.15, 0.2) is 0 Å². The zero-order valence-corrected chi connectivity index (χ0v) is 10.3. The summed E-state index contributed by atoms with van der Waals surface area (Å²) in [5.74, 6) is -1.01. The summed E-state index contributed by atoms with van der Waals surface area (Å²) >= 11 is 0. The Morgan fingerprint density at radius 1 is 1.18 bits per heavy atom. The third-order valence-electron chi connectivity index (χ3n) is 2.16. The van der Waals surface area contributed by atoms with Crippen LogP contribution in [0.15, 0.2) is 25.3 Å². The Bertz CT molecular complexity index is 271. The molecule has 0 aromatic carbocycles. The fourth-order valence-corrected chi connectivity index (χ4v) is 1.24. The van der Waals surface area contributed by atoms with E-state index in [-0.39, 0.29) is 6.61 Å². The van der Waals surface area contributed by atoms with Gasteiger partial charge in [-0.3, -0.25) is 0 Å². The molecule has 0 saturated carbocycles. The van der Waals surface area contributed by atoms with Crippen LogP contribution in [0.3, 0.4) is 0 Å². The van der Waals surface area contributed by atoms with Gasteiger partial charge in [0, 0.05) is 12.2 Å². The van der Waals surface area contributed by atoms with Crippen molar-refractivity contribution >= 4 is 11.9 Å². The van der Waals surface area contributed by atoms with Crippen molar-refractivity contribution in [1.29, 1.82) is 0 Å². The molecule has 0 amide bonds. The monoisotopic (exact) mass is 240 g/mol. The van der Waals surface area contributed by atoms with Gasteiger partial charge in [-0.2, -0.15) is 0 Å². The molecule has 0 aromatic heterocycles. The average Bonchev–Trinajstić information content (AvgIpc) is 2.35. The van der Waals surface area contributed by atoms with Crippen molar-refractivity contribution in [3.05, 3.63) is 25.3 Å². The van der Waals surface area contributed by atoms with E-state index in [2.05, 4.69) is 20.1 Å². The minimum absolute atomic E-state index is 0.0636. The van der Waals surface area contributed by atoms with Crippen LogP contribution in [0.4, 0.5) is 0 Å². The van der Waals surface area contributed by atoms with E-state index < -0.39 is 18.0 Å². The standard InChI is InChI=1S/C13H20O4/c1-4-7-8-9-11(17-13(15)6-3)10-16-12(14)5-2/h5-6,11H,2-4,7-10H2,1H3. The van der Waals surface area contributed by atoms with E-state index in [1.54, 1.807) is 0 Å². The van der Waals surface area contributed by atoms with Crippen molar-refractivity contribution in [2.75, 3.05) is 6.61 Å². The van der Waals surface area contributed by atoms with Gasteiger partial charge < -0.3 is 9.47 Å². The quantitative estimate of drug-likeness (QED) is 0.353. The second kappa shape index (κ2) is 9.63. The smallest absolute Gasteiger partial charge is 0.330 e. The molecule has 0 radical (unpaired) electrons. The molecule has 0 aliphatic rings. The maximum absolute atomic E-state index is 11.1. The first kappa shape index (κ1) is 15.4. The summed E-state index contributed by atoms with van der Waals surface area (Å²) in [5, 5.41) is 0. The van der Waals surface area contributed by atoms with Gasteiger partial charge in [0.1, 0.15) is 12.7 Å². The van der Waals surface area contributed by atoms with Crippen LogP contribution in [-0.4, -0.2) is 24.6 Å². The van der Waals surface area contributed by atoms with Crippen LogP contribution < -0.4 is 0 Å². The van der Waals surface area contributed by atoms with E-state index in [0.29, 0.717) is 6.42 Å². The number of rotatable bonds is 9. The summed E-state index contributed by atoms with van der Waals surface area (Å²) in [6.07, 6.45) is 5.51. The largest absolute Gasteiger partial charge is 0.459 e. The number of hydrogen-bond acceptors (Lipinski definition) is 4. The van der Waals surface area contributed by atoms with Crippen molar-refractivity contribution in [2.45, 2.75) is 38.7 Å². The molecule has 4 nitrogen and oxygen atoms in total. The lowest BCUT2D eigenvalue weighted by atomic mass is 10.1. The minimum atomic E-state index is -0.514. The van der Waals surface area contributed by atoms with Gasteiger partial charge in [0.25, 0.3) is 0 Å². The summed E-state index contributed by atoms with van der Waals surface area (Å²) in [7, 11) is 0. The highest BCUT2D eigenvalue weighted by Crippen LogP contribution is 2.08. The number of hydrogen-bond donors (Lipinski definition) is 0. The summed E-state index contributed by atoms with van der Waals surface area (Å²) < 4.78 is 9.93. The molecule has 1 unspecified atom stereocenters. The predicted molar refractivity (Wildman–Crippen MR) is 65.4 cm³/mol. The predicted octanol–water partition coefficient (Wildman–Crippen LogP) is 2.39. The summed E-state index contributed by atoms with van der Waals surface area (Å²) in [6, 6.07) is 0. The summed E-state index contributed by atoms with van der Waals surface area (Å²) in [6.45, 7) is 8.77. The first-order valence-electron chi connectivity index (χ1n) is 5.76. The molecule has 0 fully saturated rings. The van der Waals surface area contributed by atoms with Crippen molar-refractivity contribution in [3.8, 4) is 0 Å². The van der Waals surface area contributed by atoms with E-state index in [1.165, 1.54) is 0 Å². The molecule has 0 spiro atoms. The highest BCUT2D eigenvalue weighted by Gasteiger charge is 2.14. The van der Waals surface area contributed by atoms with Crippen molar-refractivity contribution in [2.24, 2.45) is 0 Å². The molecule has 17 heavy (non-hydrogen) atoms. The van der Waals surface area contributed by atoms with Crippen LogP contribution in [0.5, 0.6) is 0 Å². The molecule has 0 aromatic rings. The van der Waals surface area contributed by atoms with Crippen LogP contribution in [0, 0.1) is 0 Å². The van der Waals surface area contributed by atoms with Crippen molar-refractivity contribution < 1.29 is 19.1 Å². The van der Waals surface area contributed by atoms with Gasteiger partial charge in [0.2, 0.25) is 0 Å². The lowest BCUT2D eigenvalue weighted by Gasteiger charge is -2.16. The minimum Gasteiger partial charge on any atom is -0.459 e. The fourth-order valence-electron chi connectivity index (χ4n) is 1.24. The molecular formula is C13H20O4. The second-order valence-electron chi connectivity index (χ2n) is 3.59. The molecule has 1 atom stereocenters. The Balaban J connectivity index is 4.08. The highest BCUT2D eigenvalue weighted by atomic mass is 16.6. The van der Waals surface area contributed by atoms with Gasteiger partial charge in [0.05, 0.1) is 0 Å². The zero-order chi connectivity index (χ0) is 13.1. The van der Waals surface area contributed by atoms with Gasteiger partial charge in [-0.05, 0) is 12.8 Å². The SMILES string of the molecule is C=CC(=O)OCC(CCCCC)OC(=O)C=C. The lowest BCUT2D eigenvalue weighted by Crippen LogP contribution is -2.24. The molecule has 4 heteroatoms. The van der Waals surface area contributed by atoms with E-state index in [0.717, 1.165) is 31.4 Å². The molecule has 0 aliphatic carbocycles. The number of esters is 2. The molecule has 0 saturated heterocycles. The number of carbonyl (C=O) groups is 2. The molecule has 0 aliphatic heterocycles. The zero-order valence-electron chi connectivity index (χ0n) is 10.3. The van der Waals surface area contributed by atoms with Crippen LogP contribution >= 0.6 is 0 Å². The Morgan fingerprint density at radius 3 is 2.35 bits per heavy atom. The van der Waals surface area contributed by atoms with Gasteiger partial charge in [-0.1, -0.05) is 32.9 Å².